The van der Waals surface area contributed by atoms with Gasteiger partial charge in [-0.15, -0.1) is 24.0 Å². The van der Waals surface area contributed by atoms with Crippen molar-refractivity contribution in [1.82, 2.24) is 15.6 Å². The Morgan fingerprint density at radius 1 is 1.00 bits per heavy atom. The van der Waals surface area contributed by atoms with Crippen LogP contribution in [0.2, 0.25) is 0 Å². The molecule has 0 saturated heterocycles. The molecular weight excluding hydrogens is 510 g/mol. The Kier molecular flexibility index (Phi) is 10.0. The van der Waals surface area contributed by atoms with Crippen LogP contribution in [-0.2, 0) is 13.1 Å². The van der Waals surface area contributed by atoms with Gasteiger partial charge in [0.1, 0.15) is 17.3 Å². The van der Waals surface area contributed by atoms with Crippen molar-refractivity contribution in [3.05, 3.63) is 83.8 Å². The van der Waals surface area contributed by atoms with Crippen molar-refractivity contribution in [2.24, 2.45) is 4.99 Å². The second-order valence-electron chi connectivity index (χ2n) is 6.38. The second kappa shape index (κ2) is 12.7. The molecule has 0 atom stereocenters. The smallest absolute Gasteiger partial charge is 0.219 e. The molecule has 0 radical (unpaired) electrons. The molecule has 1 aromatic heterocycles. The van der Waals surface area contributed by atoms with Crippen LogP contribution >= 0.6 is 24.0 Å². The molecule has 0 aliphatic heterocycles. The van der Waals surface area contributed by atoms with E-state index in [2.05, 4.69) is 20.6 Å². The van der Waals surface area contributed by atoms with E-state index in [-0.39, 0.29) is 29.8 Å². The number of nitrogens with zero attached hydrogens (tertiary/aromatic N) is 2. The molecule has 3 aromatic rings. The van der Waals surface area contributed by atoms with Crippen LogP contribution in [-0.4, -0.2) is 24.6 Å². The molecule has 0 aliphatic rings. The van der Waals surface area contributed by atoms with E-state index in [1.54, 1.807) is 31.4 Å². The molecule has 0 amide bonds. The van der Waals surface area contributed by atoms with Gasteiger partial charge in [0.25, 0.3) is 0 Å². The number of pyridine rings is 1. The molecular formula is C23H26FIN4O2. The van der Waals surface area contributed by atoms with Gasteiger partial charge in [-0.05, 0) is 42.8 Å². The molecule has 8 heteroatoms. The minimum absolute atomic E-state index is 0. The number of ether oxygens (including phenoxy) is 2. The fourth-order valence-corrected chi connectivity index (χ4v) is 2.73. The van der Waals surface area contributed by atoms with Gasteiger partial charge in [-0.2, -0.15) is 0 Å². The summed E-state index contributed by atoms with van der Waals surface area (Å²) in [7, 11) is 1.72. The number of aliphatic imine (C=N–C) groups is 1. The summed E-state index contributed by atoms with van der Waals surface area (Å²) in [5.41, 5.74) is 2.03. The second-order valence-corrected chi connectivity index (χ2v) is 6.38. The molecule has 3 rings (SSSR count). The van der Waals surface area contributed by atoms with E-state index in [4.69, 9.17) is 9.47 Å². The first-order valence-corrected chi connectivity index (χ1v) is 9.71. The summed E-state index contributed by atoms with van der Waals surface area (Å²) in [6.07, 6.45) is 1.73. The maximum atomic E-state index is 13.0. The van der Waals surface area contributed by atoms with Gasteiger partial charge in [0.05, 0.1) is 6.61 Å². The van der Waals surface area contributed by atoms with E-state index >= 15 is 0 Å². The van der Waals surface area contributed by atoms with Crippen molar-refractivity contribution < 1.29 is 13.9 Å². The van der Waals surface area contributed by atoms with Gasteiger partial charge < -0.3 is 20.1 Å². The highest BCUT2D eigenvalue weighted by Gasteiger charge is 2.05. The summed E-state index contributed by atoms with van der Waals surface area (Å²) in [4.78, 5) is 8.55. The van der Waals surface area contributed by atoms with Crippen LogP contribution in [0.25, 0.3) is 0 Å². The van der Waals surface area contributed by atoms with Crippen molar-refractivity contribution in [2.45, 2.75) is 20.0 Å². The monoisotopic (exact) mass is 536 g/mol. The number of guanidine groups is 1. The Hall–Kier alpha value is -2.88. The first-order valence-electron chi connectivity index (χ1n) is 9.71. The van der Waals surface area contributed by atoms with Gasteiger partial charge in [-0.25, -0.2) is 9.37 Å². The van der Waals surface area contributed by atoms with Crippen LogP contribution in [0.5, 0.6) is 17.4 Å². The Labute approximate surface area is 198 Å². The lowest BCUT2D eigenvalue weighted by molar-refractivity contribution is 0.336. The molecule has 164 valence electrons. The van der Waals surface area contributed by atoms with Gasteiger partial charge in [-0.1, -0.05) is 24.3 Å². The van der Waals surface area contributed by atoms with Crippen LogP contribution in [0.1, 0.15) is 18.1 Å². The van der Waals surface area contributed by atoms with E-state index in [0.717, 1.165) is 16.9 Å². The van der Waals surface area contributed by atoms with E-state index < -0.39 is 0 Å². The van der Waals surface area contributed by atoms with Crippen molar-refractivity contribution in [3.8, 4) is 17.4 Å². The topological polar surface area (TPSA) is 67.8 Å². The van der Waals surface area contributed by atoms with E-state index in [9.17, 15) is 4.39 Å². The molecule has 0 bridgehead atoms. The number of hydrogen-bond acceptors (Lipinski definition) is 4. The quantitative estimate of drug-likeness (QED) is 0.244. The number of benzene rings is 2. The zero-order valence-electron chi connectivity index (χ0n) is 17.5. The van der Waals surface area contributed by atoms with Crippen LogP contribution in [0.15, 0.2) is 71.9 Å². The molecule has 0 saturated carbocycles. The average Bonchev–Trinajstić information content (AvgIpc) is 2.78. The van der Waals surface area contributed by atoms with Crippen LogP contribution in [0, 0.1) is 5.82 Å². The number of para-hydroxylation sites is 1. The molecule has 0 aliphatic carbocycles. The molecule has 0 fully saturated rings. The minimum atomic E-state index is -0.305. The van der Waals surface area contributed by atoms with Gasteiger partial charge >= 0.3 is 0 Å². The zero-order valence-corrected chi connectivity index (χ0v) is 19.8. The minimum Gasteiger partial charge on any atom is -0.494 e. The fraction of sp³-hybridized carbons (Fsp3) is 0.217. The number of nitrogens with one attached hydrogen (secondary N) is 2. The highest BCUT2D eigenvalue weighted by atomic mass is 127. The molecule has 0 unspecified atom stereocenters. The largest absolute Gasteiger partial charge is 0.494 e. The van der Waals surface area contributed by atoms with Gasteiger partial charge in [0.2, 0.25) is 5.88 Å². The normalized spacial score (nSPS) is 10.7. The van der Waals surface area contributed by atoms with Crippen LogP contribution in [0.3, 0.4) is 0 Å². The third-order valence-corrected chi connectivity index (χ3v) is 4.24. The standard InChI is InChI=1S/C23H25FN4O2.HI/c1-3-29-21-7-5-4-6-18(21)16-28-23(25-2)27-15-17-8-13-22(26-14-17)30-20-11-9-19(24)10-12-20;/h4-14H,3,15-16H2,1-2H3,(H2,25,27,28);1H. The average molecular weight is 536 g/mol. The number of rotatable bonds is 8. The Bertz CT molecular complexity index is 966. The third-order valence-electron chi connectivity index (χ3n) is 4.24. The first-order chi connectivity index (χ1) is 14.7. The van der Waals surface area contributed by atoms with Gasteiger partial charge in [-0.3, -0.25) is 4.99 Å². The number of hydrogen-bond donors (Lipinski definition) is 2. The van der Waals surface area contributed by atoms with E-state index in [1.807, 2.05) is 37.3 Å². The Morgan fingerprint density at radius 3 is 2.42 bits per heavy atom. The lowest BCUT2D eigenvalue weighted by Gasteiger charge is -2.14. The summed E-state index contributed by atoms with van der Waals surface area (Å²) in [5, 5.41) is 6.54. The van der Waals surface area contributed by atoms with Gasteiger partial charge in [0.15, 0.2) is 5.96 Å². The fourth-order valence-electron chi connectivity index (χ4n) is 2.73. The SMILES string of the molecule is CCOc1ccccc1CNC(=NC)NCc1ccc(Oc2ccc(F)cc2)nc1.I. The molecule has 31 heavy (non-hydrogen) atoms. The highest BCUT2D eigenvalue weighted by molar-refractivity contribution is 14.0. The van der Waals surface area contributed by atoms with Gasteiger partial charge in [0, 0.05) is 38.0 Å². The van der Waals surface area contributed by atoms with E-state index in [1.165, 1.54) is 12.1 Å². The number of halogens is 2. The Morgan fingerprint density at radius 2 is 1.74 bits per heavy atom. The number of aromatic nitrogens is 1. The lowest BCUT2D eigenvalue weighted by atomic mass is 10.2. The predicted octanol–water partition coefficient (Wildman–Crippen LogP) is 4.89. The van der Waals surface area contributed by atoms with Crippen LogP contribution < -0.4 is 20.1 Å². The predicted molar refractivity (Wildman–Crippen MR) is 131 cm³/mol. The Balaban J connectivity index is 0.00000341. The summed E-state index contributed by atoms with van der Waals surface area (Å²) in [5.74, 6) is 2.21. The van der Waals surface area contributed by atoms with E-state index in [0.29, 0.717) is 37.3 Å². The van der Waals surface area contributed by atoms with Crippen LogP contribution in [0.4, 0.5) is 4.39 Å². The molecule has 0 spiro atoms. The zero-order chi connectivity index (χ0) is 21.2. The van der Waals surface area contributed by atoms with Crippen molar-refractivity contribution >= 4 is 29.9 Å². The molecule has 6 nitrogen and oxygen atoms in total. The first kappa shape index (κ1) is 24.4. The highest BCUT2D eigenvalue weighted by Crippen LogP contribution is 2.20. The maximum Gasteiger partial charge on any atom is 0.219 e. The molecule has 1 heterocycles. The maximum absolute atomic E-state index is 13.0. The summed E-state index contributed by atoms with van der Waals surface area (Å²) >= 11 is 0. The summed E-state index contributed by atoms with van der Waals surface area (Å²) in [6.45, 7) is 3.74. The molecule has 2 aromatic carbocycles. The van der Waals surface area contributed by atoms with Crippen molar-refractivity contribution in [2.75, 3.05) is 13.7 Å². The van der Waals surface area contributed by atoms with Crippen molar-refractivity contribution in [1.29, 1.82) is 0 Å². The third kappa shape index (κ3) is 7.71. The molecule has 2 N–H and O–H groups in total. The summed E-state index contributed by atoms with van der Waals surface area (Å²) < 4.78 is 24.2. The van der Waals surface area contributed by atoms with Crippen molar-refractivity contribution in [3.63, 3.8) is 0 Å². The lowest BCUT2D eigenvalue weighted by Crippen LogP contribution is -2.36. The summed E-state index contributed by atoms with van der Waals surface area (Å²) in [6, 6.07) is 17.4.